The van der Waals surface area contributed by atoms with Crippen LogP contribution in [0.2, 0.25) is 0 Å². The molecule has 0 aliphatic heterocycles. The molecule has 0 heterocycles. The van der Waals surface area contributed by atoms with E-state index in [4.69, 9.17) is 0 Å². The molecule has 0 fully saturated rings. The summed E-state index contributed by atoms with van der Waals surface area (Å²) < 4.78 is 24.1. The quantitative estimate of drug-likeness (QED) is 0.846. The molecular weight excluding hydrogens is 310 g/mol. The normalized spacial score (nSPS) is 11.2. The van der Waals surface area contributed by atoms with Gasteiger partial charge in [0.15, 0.2) is 9.84 Å². The van der Waals surface area contributed by atoms with E-state index >= 15 is 0 Å². The van der Waals surface area contributed by atoms with Crippen LogP contribution in [0.5, 0.6) is 0 Å². The van der Waals surface area contributed by atoms with E-state index < -0.39 is 9.84 Å². The maximum absolute atomic E-state index is 12.0. The fraction of sp³-hybridized carbons (Fsp3) is 0.278. The first-order chi connectivity index (χ1) is 11.0. The Hall–Kier alpha value is -2.14. The third-order valence-corrected chi connectivity index (χ3v) is 5.18. The highest BCUT2D eigenvalue weighted by Crippen LogP contribution is 2.08. The minimum atomic E-state index is -3.23. The van der Waals surface area contributed by atoms with Gasteiger partial charge in [0.1, 0.15) is 0 Å². The lowest BCUT2D eigenvalue weighted by atomic mass is 10.1. The second-order valence-electron chi connectivity index (χ2n) is 5.53. The number of carbonyl (C=O) groups is 1. The zero-order chi connectivity index (χ0) is 16.7. The number of hydrogen-bond donors (Lipinski definition) is 1. The predicted molar refractivity (Wildman–Crippen MR) is 91.8 cm³/mol. The summed E-state index contributed by atoms with van der Waals surface area (Å²) in [5.41, 5.74) is 2.77. The Labute approximate surface area is 137 Å². The van der Waals surface area contributed by atoms with Crippen LogP contribution >= 0.6 is 0 Å². The van der Waals surface area contributed by atoms with E-state index in [1.54, 1.807) is 12.1 Å². The minimum absolute atomic E-state index is 0.00149. The van der Waals surface area contributed by atoms with E-state index in [-0.39, 0.29) is 30.4 Å². The summed E-state index contributed by atoms with van der Waals surface area (Å²) in [5.74, 6) is -0.211. The van der Waals surface area contributed by atoms with Gasteiger partial charge in [-0.15, -0.1) is 0 Å². The molecule has 0 atom stereocenters. The predicted octanol–water partition coefficient (Wildman–Crippen LogP) is 2.27. The van der Waals surface area contributed by atoms with Crippen molar-refractivity contribution in [2.24, 2.45) is 0 Å². The summed E-state index contributed by atoms with van der Waals surface area (Å²) >= 11 is 0. The molecule has 0 spiro atoms. The van der Waals surface area contributed by atoms with Gasteiger partial charge < -0.3 is 5.32 Å². The number of aryl methyl sites for hydroxylation is 1. The zero-order valence-electron chi connectivity index (χ0n) is 13.2. The van der Waals surface area contributed by atoms with Gasteiger partial charge in [0, 0.05) is 6.54 Å². The summed E-state index contributed by atoms with van der Waals surface area (Å²) in [6, 6.07) is 16.7. The summed E-state index contributed by atoms with van der Waals surface area (Å²) in [4.78, 5) is 11.9. The first-order valence-electron chi connectivity index (χ1n) is 7.52. The van der Waals surface area contributed by atoms with Crippen molar-refractivity contribution in [2.75, 3.05) is 12.3 Å². The molecule has 0 aliphatic carbocycles. The van der Waals surface area contributed by atoms with E-state index in [0.717, 1.165) is 16.7 Å². The Bertz CT molecular complexity index is 755. The topological polar surface area (TPSA) is 63.2 Å². The zero-order valence-corrected chi connectivity index (χ0v) is 14.0. The Morgan fingerprint density at radius 1 is 1.00 bits per heavy atom. The second-order valence-corrected chi connectivity index (χ2v) is 7.71. The van der Waals surface area contributed by atoms with Gasteiger partial charge in [-0.05, 0) is 23.6 Å². The lowest BCUT2D eigenvalue weighted by molar-refractivity contribution is -0.120. The molecule has 0 unspecified atom stereocenters. The number of rotatable bonds is 7. The number of hydrogen-bond acceptors (Lipinski definition) is 3. The SMILES string of the molecule is Cc1ccccc1CC(=O)NCCS(=O)(=O)Cc1ccccc1. The summed E-state index contributed by atoms with van der Waals surface area (Å²) in [7, 11) is -3.23. The first kappa shape index (κ1) is 17.2. The first-order valence-corrected chi connectivity index (χ1v) is 9.34. The summed E-state index contributed by atoms with van der Waals surface area (Å²) in [6.07, 6.45) is 0.269. The van der Waals surface area contributed by atoms with E-state index in [1.807, 2.05) is 49.4 Å². The molecule has 0 saturated carbocycles. The molecule has 2 aromatic rings. The fourth-order valence-electron chi connectivity index (χ4n) is 2.29. The van der Waals surface area contributed by atoms with Crippen LogP contribution < -0.4 is 5.32 Å². The van der Waals surface area contributed by atoms with Gasteiger partial charge in [0.05, 0.1) is 17.9 Å². The van der Waals surface area contributed by atoms with E-state index in [9.17, 15) is 13.2 Å². The lowest BCUT2D eigenvalue weighted by Gasteiger charge is -2.08. The monoisotopic (exact) mass is 331 g/mol. The number of amides is 1. The molecule has 0 bridgehead atoms. The van der Waals surface area contributed by atoms with Crippen molar-refractivity contribution in [3.63, 3.8) is 0 Å². The molecule has 1 amide bonds. The van der Waals surface area contributed by atoms with Crippen molar-refractivity contribution in [3.8, 4) is 0 Å². The molecule has 0 aliphatic rings. The maximum Gasteiger partial charge on any atom is 0.224 e. The molecule has 23 heavy (non-hydrogen) atoms. The lowest BCUT2D eigenvalue weighted by Crippen LogP contribution is -2.30. The van der Waals surface area contributed by atoms with Crippen LogP contribution in [0.4, 0.5) is 0 Å². The Balaban J connectivity index is 1.80. The van der Waals surface area contributed by atoms with Gasteiger partial charge in [-0.2, -0.15) is 0 Å². The molecule has 0 aromatic heterocycles. The Morgan fingerprint density at radius 2 is 1.65 bits per heavy atom. The third kappa shape index (κ3) is 5.87. The molecule has 122 valence electrons. The van der Waals surface area contributed by atoms with Gasteiger partial charge in [-0.3, -0.25) is 4.79 Å². The largest absolute Gasteiger partial charge is 0.355 e. The van der Waals surface area contributed by atoms with Crippen molar-refractivity contribution in [1.82, 2.24) is 5.32 Å². The van der Waals surface area contributed by atoms with Crippen LogP contribution in [0.15, 0.2) is 54.6 Å². The number of benzene rings is 2. The molecule has 0 radical (unpaired) electrons. The molecule has 4 nitrogen and oxygen atoms in total. The van der Waals surface area contributed by atoms with Gasteiger partial charge >= 0.3 is 0 Å². The Morgan fingerprint density at radius 3 is 2.35 bits per heavy atom. The van der Waals surface area contributed by atoms with Crippen molar-refractivity contribution in [3.05, 3.63) is 71.3 Å². The summed E-state index contributed by atoms with van der Waals surface area (Å²) in [5, 5.41) is 2.68. The molecule has 5 heteroatoms. The van der Waals surface area contributed by atoms with Crippen LogP contribution in [0.25, 0.3) is 0 Å². The molecular formula is C18H21NO3S. The second kappa shape index (κ2) is 7.92. The van der Waals surface area contributed by atoms with Gasteiger partial charge in [0.25, 0.3) is 0 Å². The standard InChI is InChI=1S/C18H21NO3S/c1-15-7-5-6-10-17(15)13-18(20)19-11-12-23(21,22)14-16-8-3-2-4-9-16/h2-10H,11-14H2,1H3,(H,19,20). The number of nitrogens with one attached hydrogen (secondary N) is 1. The average molecular weight is 331 g/mol. The van der Waals surface area contributed by atoms with Crippen LogP contribution in [0.1, 0.15) is 16.7 Å². The van der Waals surface area contributed by atoms with Gasteiger partial charge in [-0.1, -0.05) is 54.6 Å². The minimum Gasteiger partial charge on any atom is -0.355 e. The third-order valence-electron chi connectivity index (χ3n) is 3.58. The van der Waals surface area contributed by atoms with Crippen molar-refractivity contribution < 1.29 is 13.2 Å². The number of carbonyl (C=O) groups excluding carboxylic acids is 1. The van der Waals surface area contributed by atoms with Crippen LogP contribution in [0, 0.1) is 6.92 Å². The van der Waals surface area contributed by atoms with Crippen LogP contribution in [-0.4, -0.2) is 26.6 Å². The van der Waals surface area contributed by atoms with E-state index in [0.29, 0.717) is 0 Å². The fourth-order valence-corrected chi connectivity index (χ4v) is 3.55. The number of sulfone groups is 1. The van der Waals surface area contributed by atoms with Crippen molar-refractivity contribution >= 4 is 15.7 Å². The smallest absolute Gasteiger partial charge is 0.224 e. The molecule has 2 rings (SSSR count). The summed E-state index contributed by atoms with van der Waals surface area (Å²) in [6.45, 7) is 2.09. The van der Waals surface area contributed by atoms with E-state index in [1.165, 1.54) is 0 Å². The average Bonchev–Trinajstić information content (AvgIpc) is 2.50. The molecule has 2 aromatic carbocycles. The molecule has 0 saturated heterocycles. The van der Waals surface area contributed by atoms with Crippen molar-refractivity contribution in [2.45, 2.75) is 19.1 Å². The van der Waals surface area contributed by atoms with Gasteiger partial charge in [-0.25, -0.2) is 8.42 Å². The van der Waals surface area contributed by atoms with Crippen molar-refractivity contribution in [1.29, 1.82) is 0 Å². The highest BCUT2D eigenvalue weighted by molar-refractivity contribution is 7.90. The van der Waals surface area contributed by atoms with Crippen LogP contribution in [0.3, 0.4) is 0 Å². The van der Waals surface area contributed by atoms with E-state index in [2.05, 4.69) is 5.32 Å². The Kier molecular flexibility index (Phi) is 5.93. The highest BCUT2D eigenvalue weighted by Gasteiger charge is 2.13. The van der Waals surface area contributed by atoms with Gasteiger partial charge in [0.2, 0.25) is 5.91 Å². The molecule has 1 N–H and O–H groups in total. The maximum atomic E-state index is 12.0. The van der Waals surface area contributed by atoms with Crippen LogP contribution in [-0.2, 0) is 26.8 Å². The highest BCUT2D eigenvalue weighted by atomic mass is 32.2.